The molecule has 5 unspecified atom stereocenters. The maximum atomic E-state index is 15.4. The van der Waals surface area contributed by atoms with E-state index in [1.165, 1.54) is 4.57 Å². The number of aliphatic hydroxyl groups is 1. The number of aromatic nitrogens is 2. The Kier molecular flexibility index (Phi) is 4.68. The molecule has 0 bridgehead atoms. The lowest BCUT2D eigenvalue weighted by molar-refractivity contribution is -0.0457. The summed E-state index contributed by atoms with van der Waals surface area (Å²) in [6.45, 7) is 2.29. The Balaban J connectivity index is 1.56. The van der Waals surface area contributed by atoms with E-state index in [1.54, 1.807) is 11.8 Å². The van der Waals surface area contributed by atoms with Crippen molar-refractivity contribution in [2.24, 2.45) is 17.6 Å². The van der Waals surface area contributed by atoms with Crippen LogP contribution in [0.5, 0.6) is 0 Å². The van der Waals surface area contributed by atoms with Gasteiger partial charge in [-0.1, -0.05) is 6.92 Å². The van der Waals surface area contributed by atoms with Crippen molar-refractivity contribution in [1.29, 1.82) is 0 Å². The van der Waals surface area contributed by atoms with E-state index in [0.29, 0.717) is 25.1 Å². The van der Waals surface area contributed by atoms with E-state index >= 15 is 4.39 Å². The van der Waals surface area contributed by atoms with Crippen molar-refractivity contribution >= 4 is 5.76 Å². The van der Waals surface area contributed by atoms with Crippen molar-refractivity contribution < 1.29 is 18.3 Å². The highest BCUT2D eigenvalue weighted by Gasteiger charge is 2.52. The first-order valence-corrected chi connectivity index (χ1v) is 11.0. The second-order valence-electron chi connectivity index (χ2n) is 9.61. The van der Waals surface area contributed by atoms with E-state index in [-0.39, 0.29) is 30.5 Å². The standard InChI is InChI=1S/C21H27F3N4O3/c1-9-15-13(19(30)26-20(31)28(15)11-4-5-11)17(29)14(22)16(9)27-7-10-3-2-6-21(23,24)18(25)12(10)8-27/h9-12,16,18,29H,2-8,25H2,1H3,(H,26,30,31). The van der Waals surface area contributed by atoms with Crippen LogP contribution in [0.1, 0.15) is 62.2 Å². The molecule has 4 aliphatic rings. The van der Waals surface area contributed by atoms with Crippen LogP contribution in [-0.4, -0.2) is 50.7 Å². The molecular weight excluding hydrogens is 413 g/mol. The van der Waals surface area contributed by atoms with Gasteiger partial charge in [-0.3, -0.25) is 19.2 Å². The molecule has 10 heteroatoms. The number of hydrogen-bond acceptors (Lipinski definition) is 5. The van der Waals surface area contributed by atoms with Gasteiger partial charge in [0.05, 0.1) is 12.1 Å². The maximum absolute atomic E-state index is 15.4. The predicted molar refractivity (Wildman–Crippen MR) is 108 cm³/mol. The smallest absolute Gasteiger partial charge is 0.328 e. The lowest BCUT2D eigenvalue weighted by Crippen LogP contribution is -2.49. The number of halogens is 3. The van der Waals surface area contributed by atoms with E-state index in [0.717, 1.165) is 12.8 Å². The quantitative estimate of drug-likeness (QED) is 0.654. The molecule has 0 aromatic carbocycles. The van der Waals surface area contributed by atoms with Crippen molar-refractivity contribution in [2.75, 3.05) is 13.1 Å². The topological polar surface area (TPSA) is 104 Å². The van der Waals surface area contributed by atoms with E-state index in [2.05, 4.69) is 4.98 Å². The first kappa shape index (κ1) is 20.8. The average molecular weight is 440 g/mol. The zero-order valence-electron chi connectivity index (χ0n) is 17.3. The number of nitrogens with one attached hydrogen (secondary N) is 1. The summed E-state index contributed by atoms with van der Waals surface area (Å²) in [4.78, 5) is 28.9. The molecule has 3 aliphatic carbocycles. The van der Waals surface area contributed by atoms with E-state index in [4.69, 9.17) is 5.73 Å². The minimum Gasteiger partial charge on any atom is -0.504 e. The molecule has 7 nitrogen and oxygen atoms in total. The number of likely N-dealkylation sites (tertiary alicyclic amines) is 1. The van der Waals surface area contributed by atoms with Crippen molar-refractivity contribution in [1.82, 2.24) is 14.5 Å². The Morgan fingerprint density at radius 1 is 1.19 bits per heavy atom. The number of H-pyrrole nitrogens is 1. The lowest BCUT2D eigenvalue weighted by Gasteiger charge is -2.37. The van der Waals surface area contributed by atoms with Gasteiger partial charge in [0.25, 0.3) is 11.5 Å². The number of aliphatic hydroxyl groups excluding tert-OH is 1. The number of nitrogens with two attached hydrogens (primary N) is 1. The van der Waals surface area contributed by atoms with Gasteiger partial charge in [-0.25, -0.2) is 18.0 Å². The summed E-state index contributed by atoms with van der Waals surface area (Å²) < 4.78 is 45.6. The highest BCUT2D eigenvalue weighted by atomic mass is 19.3. The fraction of sp³-hybridized carbons (Fsp3) is 0.714. The van der Waals surface area contributed by atoms with Crippen LogP contribution in [-0.2, 0) is 0 Å². The minimum atomic E-state index is -2.96. The molecule has 2 saturated carbocycles. The zero-order valence-corrected chi connectivity index (χ0v) is 17.3. The van der Waals surface area contributed by atoms with Crippen LogP contribution in [0.3, 0.4) is 0 Å². The van der Waals surface area contributed by atoms with Gasteiger partial charge in [-0.15, -0.1) is 0 Å². The predicted octanol–water partition coefficient (Wildman–Crippen LogP) is 2.25. The van der Waals surface area contributed by atoms with Crippen LogP contribution in [0.25, 0.3) is 5.76 Å². The molecule has 2 heterocycles. The third kappa shape index (κ3) is 3.09. The Morgan fingerprint density at radius 2 is 1.90 bits per heavy atom. The molecule has 1 aromatic heterocycles. The van der Waals surface area contributed by atoms with Crippen molar-refractivity contribution in [2.45, 2.75) is 69.0 Å². The van der Waals surface area contributed by atoms with Crippen LogP contribution in [0.2, 0.25) is 0 Å². The van der Waals surface area contributed by atoms with Crippen LogP contribution >= 0.6 is 0 Å². The van der Waals surface area contributed by atoms with Crippen molar-refractivity contribution in [3.63, 3.8) is 0 Å². The summed E-state index contributed by atoms with van der Waals surface area (Å²) in [5.74, 6) is -5.77. The van der Waals surface area contributed by atoms with Gasteiger partial charge < -0.3 is 10.8 Å². The molecule has 5 atom stereocenters. The average Bonchev–Trinajstić information content (AvgIpc) is 3.46. The summed E-state index contributed by atoms with van der Waals surface area (Å²) in [5.41, 5.74) is 4.68. The van der Waals surface area contributed by atoms with Crippen molar-refractivity contribution in [3.8, 4) is 0 Å². The summed E-state index contributed by atoms with van der Waals surface area (Å²) in [7, 11) is 0. The number of nitrogens with zero attached hydrogens (tertiary/aromatic N) is 2. The molecule has 4 N–H and O–H groups in total. The lowest BCUT2D eigenvalue weighted by atomic mass is 9.85. The van der Waals surface area contributed by atoms with Gasteiger partial charge in [0.15, 0.2) is 11.6 Å². The van der Waals surface area contributed by atoms with E-state index < -0.39 is 52.7 Å². The molecule has 1 saturated heterocycles. The van der Waals surface area contributed by atoms with Gasteiger partial charge >= 0.3 is 5.69 Å². The largest absolute Gasteiger partial charge is 0.504 e. The zero-order chi connectivity index (χ0) is 22.2. The molecule has 0 radical (unpaired) electrons. The fourth-order valence-corrected chi connectivity index (χ4v) is 5.99. The normalized spacial score (nSPS) is 35.6. The second kappa shape index (κ2) is 6.96. The third-order valence-corrected chi connectivity index (χ3v) is 7.67. The molecular formula is C21H27F3N4O3. The van der Waals surface area contributed by atoms with Crippen LogP contribution < -0.4 is 17.0 Å². The molecule has 31 heavy (non-hydrogen) atoms. The van der Waals surface area contributed by atoms with Crippen LogP contribution in [0.4, 0.5) is 13.2 Å². The highest BCUT2D eigenvalue weighted by molar-refractivity contribution is 5.66. The first-order chi connectivity index (χ1) is 14.6. The molecule has 0 amide bonds. The van der Waals surface area contributed by atoms with E-state index in [9.17, 15) is 23.5 Å². The monoisotopic (exact) mass is 440 g/mol. The Hall–Kier alpha value is -2.07. The maximum Gasteiger partial charge on any atom is 0.328 e. The number of rotatable bonds is 2. The number of fused-ring (bicyclic) bond motifs is 2. The highest BCUT2D eigenvalue weighted by Crippen LogP contribution is 2.47. The minimum absolute atomic E-state index is 0.0864. The van der Waals surface area contributed by atoms with Crippen LogP contribution in [0.15, 0.2) is 15.4 Å². The molecule has 1 aliphatic heterocycles. The number of aromatic amines is 1. The molecule has 3 fully saturated rings. The summed E-state index contributed by atoms with van der Waals surface area (Å²) in [5, 5.41) is 10.6. The van der Waals surface area contributed by atoms with Gasteiger partial charge in [-0.2, -0.15) is 0 Å². The van der Waals surface area contributed by atoms with Gasteiger partial charge in [0, 0.05) is 37.2 Å². The molecule has 1 aromatic rings. The van der Waals surface area contributed by atoms with Crippen LogP contribution in [0, 0.1) is 11.8 Å². The third-order valence-electron chi connectivity index (χ3n) is 7.67. The summed E-state index contributed by atoms with van der Waals surface area (Å²) >= 11 is 0. The Morgan fingerprint density at radius 3 is 2.58 bits per heavy atom. The fourth-order valence-electron chi connectivity index (χ4n) is 5.99. The van der Waals surface area contributed by atoms with Crippen molar-refractivity contribution in [3.05, 3.63) is 37.9 Å². The Bertz CT molecular complexity index is 1060. The number of hydrogen-bond donors (Lipinski definition) is 3. The van der Waals surface area contributed by atoms with Gasteiger partial charge in [0.1, 0.15) is 5.56 Å². The summed E-state index contributed by atoms with van der Waals surface area (Å²) in [6.07, 6.45) is 2.24. The molecule has 5 rings (SSSR count). The summed E-state index contributed by atoms with van der Waals surface area (Å²) in [6, 6.07) is -2.33. The first-order valence-electron chi connectivity index (χ1n) is 11.0. The molecule has 0 spiro atoms. The Labute approximate surface area is 176 Å². The van der Waals surface area contributed by atoms with Gasteiger partial charge in [-0.05, 0) is 37.5 Å². The number of alkyl halides is 2. The SMILES string of the molecule is CC1c2c(c(=O)[nH]c(=O)n2C2CC2)C(O)=C(F)C1N1CC2CCCC(F)(F)C(N)C2C1. The molecule has 170 valence electrons. The van der Waals surface area contributed by atoms with Gasteiger partial charge in [0.2, 0.25) is 0 Å². The second-order valence-corrected chi connectivity index (χ2v) is 9.61. The van der Waals surface area contributed by atoms with E-state index in [1.807, 2.05) is 0 Å².